The van der Waals surface area contributed by atoms with Crippen LogP contribution in [0, 0.1) is 5.92 Å². The summed E-state index contributed by atoms with van der Waals surface area (Å²) in [5, 5.41) is 12.2. The standard InChI is InChI=1S/C15H16N2O2S/c1-10-7-8-17(13(10)14(18)19)15-16-12(9-20-15)11-5-3-2-4-6-11/h2-6,9-10,13H,7-8H2,1H3,(H,18,19). The normalized spacial score (nSPS) is 22.1. The summed E-state index contributed by atoms with van der Waals surface area (Å²) < 4.78 is 0. The Bertz CT molecular complexity index is 611. The molecule has 104 valence electrons. The molecule has 1 aromatic heterocycles. The maximum atomic E-state index is 11.4. The monoisotopic (exact) mass is 288 g/mol. The minimum absolute atomic E-state index is 0.163. The molecule has 20 heavy (non-hydrogen) atoms. The van der Waals surface area contributed by atoms with Crippen molar-refractivity contribution in [3.8, 4) is 11.3 Å². The summed E-state index contributed by atoms with van der Waals surface area (Å²) in [6, 6.07) is 9.50. The molecule has 1 aliphatic rings. The molecule has 0 aliphatic carbocycles. The number of aromatic nitrogens is 1. The Morgan fingerprint density at radius 1 is 1.40 bits per heavy atom. The number of carboxylic acid groups (broad SMARTS) is 1. The van der Waals surface area contributed by atoms with Crippen LogP contribution in [0.3, 0.4) is 0 Å². The van der Waals surface area contributed by atoms with E-state index in [4.69, 9.17) is 0 Å². The van der Waals surface area contributed by atoms with Crippen molar-refractivity contribution in [2.45, 2.75) is 19.4 Å². The minimum atomic E-state index is -0.758. The van der Waals surface area contributed by atoms with Gasteiger partial charge in [0.05, 0.1) is 5.69 Å². The summed E-state index contributed by atoms with van der Waals surface area (Å²) in [5.41, 5.74) is 1.98. The van der Waals surface area contributed by atoms with Gasteiger partial charge in [0.1, 0.15) is 6.04 Å². The van der Waals surface area contributed by atoms with Gasteiger partial charge in [0.15, 0.2) is 5.13 Å². The van der Waals surface area contributed by atoms with Crippen LogP contribution >= 0.6 is 11.3 Å². The molecule has 0 amide bonds. The maximum Gasteiger partial charge on any atom is 0.326 e. The summed E-state index contributed by atoms with van der Waals surface area (Å²) in [5.74, 6) is -0.594. The zero-order chi connectivity index (χ0) is 14.1. The molecular weight excluding hydrogens is 272 g/mol. The van der Waals surface area contributed by atoms with Crippen molar-refractivity contribution >= 4 is 22.4 Å². The first-order valence-electron chi connectivity index (χ1n) is 6.67. The van der Waals surface area contributed by atoms with E-state index in [1.165, 1.54) is 11.3 Å². The number of aliphatic carboxylic acids is 1. The Hall–Kier alpha value is -1.88. The fourth-order valence-electron chi connectivity index (χ4n) is 2.68. The Kier molecular flexibility index (Phi) is 3.44. The average Bonchev–Trinajstić information content (AvgIpc) is 3.05. The number of benzene rings is 1. The van der Waals surface area contributed by atoms with Crippen LogP contribution in [0.5, 0.6) is 0 Å². The van der Waals surface area contributed by atoms with Crippen molar-refractivity contribution < 1.29 is 9.90 Å². The maximum absolute atomic E-state index is 11.4. The first kappa shape index (κ1) is 13.1. The lowest BCUT2D eigenvalue weighted by Crippen LogP contribution is -2.38. The van der Waals surface area contributed by atoms with Crippen molar-refractivity contribution in [2.75, 3.05) is 11.4 Å². The van der Waals surface area contributed by atoms with E-state index < -0.39 is 12.0 Å². The zero-order valence-corrected chi connectivity index (χ0v) is 12.0. The molecule has 1 aliphatic heterocycles. The third-order valence-corrected chi connectivity index (χ3v) is 4.64. The van der Waals surface area contributed by atoms with E-state index in [9.17, 15) is 9.90 Å². The van der Waals surface area contributed by atoms with Crippen LogP contribution in [0.4, 0.5) is 5.13 Å². The lowest BCUT2D eigenvalue weighted by atomic mass is 10.0. The third-order valence-electron chi connectivity index (χ3n) is 3.76. The van der Waals surface area contributed by atoms with E-state index in [0.717, 1.165) is 29.4 Å². The highest BCUT2D eigenvalue weighted by Crippen LogP contribution is 2.34. The number of hydrogen-bond acceptors (Lipinski definition) is 4. The van der Waals surface area contributed by atoms with E-state index >= 15 is 0 Å². The van der Waals surface area contributed by atoms with Crippen LogP contribution in [0.15, 0.2) is 35.7 Å². The van der Waals surface area contributed by atoms with Gasteiger partial charge in [-0.25, -0.2) is 9.78 Å². The van der Waals surface area contributed by atoms with Crippen LogP contribution in [0.2, 0.25) is 0 Å². The zero-order valence-electron chi connectivity index (χ0n) is 11.2. The van der Waals surface area contributed by atoms with E-state index in [1.54, 1.807) is 0 Å². The van der Waals surface area contributed by atoms with Gasteiger partial charge in [0, 0.05) is 17.5 Å². The van der Waals surface area contributed by atoms with Gasteiger partial charge in [-0.3, -0.25) is 0 Å². The molecule has 1 N–H and O–H groups in total. The van der Waals surface area contributed by atoms with Crippen LogP contribution in [-0.4, -0.2) is 28.6 Å². The number of rotatable bonds is 3. The molecule has 3 rings (SSSR count). The number of hydrogen-bond donors (Lipinski definition) is 1. The third kappa shape index (κ3) is 2.29. The van der Waals surface area contributed by atoms with E-state index in [-0.39, 0.29) is 5.92 Å². The van der Waals surface area contributed by atoms with Gasteiger partial charge in [-0.15, -0.1) is 11.3 Å². The van der Waals surface area contributed by atoms with Crippen LogP contribution in [0.1, 0.15) is 13.3 Å². The Morgan fingerprint density at radius 2 is 2.15 bits per heavy atom. The molecule has 4 nitrogen and oxygen atoms in total. The molecule has 1 saturated heterocycles. The lowest BCUT2D eigenvalue weighted by molar-refractivity contribution is -0.139. The van der Waals surface area contributed by atoms with E-state index in [0.29, 0.717) is 0 Å². The molecule has 2 aromatic rings. The first-order valence-corrected chi connectivity index (χ1v) is 7.55. The van der Waals surface area contributed by atoms with Crippen molar-refractivity contribution in [2.24, 2.45) is 5.92 Å². The molecule has 2 heterocycles. The number of thiazole rings is 1. The smallest absolute Gasteiger partial charge is 0.326 e. The summed E-state index contributed by atoms with van der Waals surface area (Å²) in [6.45, 7) is 2.75. The molecule has 0 saturated carbocycles. The Morgan fingerprint density at radius 3 is 2.85 bits per heavy atom. The van der Waals surface area contributed by atoms with Crippen molar-refractivity contribution in [1.29, 1.82) is 0 Å². The van der Waals surface area contributed by atoms with Gasteiger partial charge in [-0.2, -0.15) is 0 Å². The molecule has 0 bridgehead atoms. The largest absolute Gasteiger partial charge is 0.480 e. The number of nitrogens with zero attached hydrogens (tertiary/aromatic N) is 2. The van der Waals surface area contributed by atoms with Gasteiger partial charge >= 0.3 is 5.97 Å². The quantitative estimate of drug-likeness (QED) is 0.943. The van der Waals surface area contributed by atoms with Crippen molar-refractivity contribution in [1.82, 2.24) is 4.98 Å². The second kappa shape index (κ2) is 5.25. The molecule has 2 atom stereocenters. The Labute approximate surface area is 121 Å². The lowest BCUT2D eigenvalue weighted by Gasteiger charge is -2.22. The van der Waals surface area contributed by atoms with Crippen LogP contribution in [-0.2, 0) is 4.79 Å². The summed E-state index contributed by atoms with van der Waals surface area (Å²) in [4.78, 5) is 17.9. The van der Waals surface area contributed by atoms with Gasteiger partial charge in [0.2, 0.25) is 0 Å². The number of carbonyl (C=O) groups is 1. The molecule has 1 fully saturated rings. The van der Waals surface area contributed by atoms with Gasteiger partial charge in [-0.1, -0.05) is 37.3 Å². The summed E-state index contributed by atoms with van der Waals surface area (Å²) >= 11 is 1.52. The van der Waals surface area contributed by atoms with Crippen molar-refractivity contribution in [3.05, 3.63) is 35.7 Å². The van der Waals surface area contributed by atoms with Gasteiger partial charge in [-0.05, 0) is 12.3 Å². The second-order valence-corrected chi connectivity index (χ2v) is 5.96. The molecular formula is C15H16N2O2S. The fourth-order valence-corrected chi connectivity index (χ4v) is 3.57. The summed E-state index contributed by atoms with van der Waals surface area (Å²) in [7, 11) is 0. The number of anilines is 1. The fraction of sp³-hybridized carbons (Fsp3) is 0.333. The van der Waals surface area contributed by atoms with Crippen molar-refractivity contribution in [3.63, 3.8) is 0 Å². The van der Waals surface area contributed by atoms with Crippen LogP contribution in [0.25, 0.3) is 11.3 Å². The first-order chi connectivity index (χ1) is 9.66. The molecule has 0 spiro atoms. The highest BCUT2D eigenvalue weighted by molar-refractivity contribution is 7.14. The topological polar surface area (TPSA) is 53.4 Å². The molecule has 1 aromatic carbocycles. The highest BCUT2D eigenvalue weighted by Gasteiger charge is 2.38. The highest BCUT2D eigenvalue weighted by atomic mass is 32.1. The SMILES string of the molecule is CC1CCN(c2nc(-c3ccccc3)cs2)C1C(=O)O. The van der Waals surface area contributed by atoms with Crippen LogP contribution < -0.4 is 4.90 Å². The Balaban J connectivity index is 1.89. The average molecular weight is 288 g/mol. The predicted octanol–water partition coefficient (Wildman–Crippen LogP) is 3.11. The van der Waals surface area contributed by atoms with Gasteiger partial charge < -0.3 is 10.0 Å². The molecule has 2 unspecified atom stereocenters. The van der Waals surface area contributed by atoms with Gasteiger partial charge in [0.25, 0.3) is 0 Å². The van der Waals surface area contributed by atoms with E-state index in [1.807, 2.05) is 47.5 Å². The van der Waals surface area contributed by atoms with E-state index in [2.05, 4.69) is 4.98 Å². The molecule has 5 heteroatoms. The minimum Gasteiger partial charge on any atom is -0.480 e. The number of carboxylic acids is 1. The second-order valence-electron chi connectivity index (χ2n) is 5.12. The predicted molar refractivity (Wildman–Crippen MR) is 80.1 cm³/mol. The molecule has 0 radical (unpaired) electrons. The summed E-state index contributed by atoms with van der Waals surface area (Å²) in [6.07, 6.45) is 0.900.